The van der Waals surface area contributed by atoms with Crippen molar-refractivity contribution in [2.45, 2.75) is 32.7 Å². The van der Waals surface area contributed by atoms with Gasteiger partial charge in [-0.15, -0.1) is 0 Å². The number of hydrogen-bond donors (Lipinski definition) is 0. The van der Waals surface area contributed by atoms with Crippen molar-refractivity contribution in [3.63, 3.8) is 0 Å². The number of carbonyl (C=O) groups excluding carboxylic acids is 1. The molecule has 4 heteroatoms. The van der Waals surface area contributed by atoms with Gasteiger partial charge in [0.05, 0.1) is 25.0 Å². The summed E-state index contributed by atoms with van der Waals surface area (Å²) in [4.78, 5) is 14.4. The summed E-state index contributed by atoms with van der Waals surface area (Å²) < 4.78 is 10.6. The summed E-state index contributed by atoms with van der Waals surface area (Å²) in [6.45, 7) is 5.25. The Labute approximate surface area is 127 Å². The predicted molar refractivity (Wildman–Crippen MR) is 84.4 cm³/mol. The van der Waals surface area contributed by atoms with Crippen LogP contribution in [0.1, 0.15) is 37.0 Å². The Balaban J connectivity index is 2.40. The zero-order chi connectivity index (χ0) is 15.4. The first kappa shape index (κ1) is 15.8. The van der Waals surface area contributed by atoms with E-state index in [9.17, 15) is 4.79 Å². The van der Waals surface area contributed by atoms with Crippen LogP contribution < -0.4 is 9.64 Å². The normalized spacial score (nSPS) is 15.6. The van der Waals surface area contributed by atoms with Gasteiger partial charge in [0.15, 0.2) is 5.78 Å². The molecule has 1 atom stereocenters. The van der Waals surface area contributed by atoms with E-state index < -0.39 is 0 Å². The zero-order valence-corrected chi connectivity index (χ0v) is 13.4. The molecule has 0 heterocycles. The second kappa shape index (κ2) is 6.94. The number of methoxy groups -OCH3 is 2. The summed E-state index contributed by atoms with van der Waals surface area (Å²) in [5.41, 5.74) is 1.63. The van der Waals surface area contributed by atoms with Gasteiger partial charge >= 0.3 is 0 Å². The molecule has 4 nitrogen and oxygen atoms in total. The van der Waals surface area contributed by atoms with Crippen LogP contribution in [0.3, 0.4) is 0 Å². The van der Waals surface area contributed by atoms with Gasteiger partial charge in [0.25, 0.3) is 0 Å². The van der Waals surface area contributed by atoms with Crippen LogP contribution in [0.2, 0.25) is 0 Å². The second-order valence-corrected chi connectivity index (χ2v) is 5.67. The monoisotopic (exact) mass is 291 g/mol. The molecule has 1 aliphatic rings. The van der Waals surface area contributed by atoms with Crippen molar-refractivity contribution < 1.29 is 14.3 Å². The molecule has 21 heavy (non-hydrogen) atoms. The van der Waals surface area contributed by atoms with E-state index in [1.54, 1.807) is 21.1 Å². The third-order valence-electron chi connectivity index (χ3n) is 4.22. The van der Waals surface area contributed by atoms with Crippen molar-refractivity contribution in [1.82, 2.24) is 0 Å². The number of anilines is 1. The van der Waals surface area contributed by atoms with Crippen molar-refractivity contribution in [2.24, 2.45) is 5.92 Å². The molecule has 0 aromatic heterocycles. The van der Waals surface area contributed by atoms with E-state index in [1.807, 2.05) is 18.2 Å². The molecule has 1 aliphatic carbocycles. The third-order valence-corrected chi connectivity index (χ3v) is 4.22. The number of ether oxygens (including phenoxy) is 2. The fourth-order valence-electron chi connectivity index (χ4n) is 2.85. The van der Waals surface area contributed by atoms with Crippen LogP contribution >= 0.6 is 0 Å². The largest absolute Gasteiger partial charge is 0.496 e. The maximum absolute atomic E-state index is 12.1. The molecule has 1 aromatic rings. The standard InChI is InChI=1S/C17H25NO3/c1-12(14-8-9-14)18(10-11-20-3)15-6-5-7-16(21-4)17(15)13(2)19/h5-7,12,14H,8-11H2,1-4H3. The molecule has 0 aliphatic heterocycles. The van der Waals surface area contributed by atoms with E-state index >= 15 is 0 Å². The number of Topliss-reactive ketones (excluding diaryl/α,β-unsaturated/α-hetero) is 1. The molecule has 0 spiro atoms. The van der Waals surface area contributed by atoms with E-state index in [2.05, 4.69) is 11.8 Å². The van der Waals surface area contributed by atoms with Crippen LogP contribution in [0.4, 0.5) is 5.69 Å². The van der Waals surface area contributed by atoms with E-state index in [0.717, 1.165) is 12.2 Å². The maximum Gasteiger partial charge on any atom is 0.165 e. The lowest BCUT2D eigenvalue weighted by molar-refractivity contribution is 0.101. The lowest BCUT2D eigenvalue weighted by Gasteiger charge is -2.33. The van der Waals surface area contributed by atoms with Crippen LogP contribution in [0.5, 0.6) is 5.75 Å². The highest BCUT2D eigenvalue weighted by molar-refractivity contribution is 6.02. The topological polar surface area (TPSA) is 38.8 Å². The molecular weight excluding hydrogens is 266 g/mol. The minimum absolute atomic E-state index is 0.0351. The number of ketones is 1. The average Bonchev–Trinajstić information content (AvgIpc) is 3.31. The van der Waals surface area contributed by atoms with E-state index in [-0.39, 0.29) is 5.78 Å². The Hall–Kier alpha value is -1.55. The van der Waals surface area contributed by atoms with Crippen LogP contribution in [-0.4, -0.2) is 39.2 Å². The van der Waals surface area contributed by atoms with Gasteiger partial charge in [0, 0.05) is 19.7 Å². The Bertz CT molecular complexity index is 497. The van der Waals surface area contributed by atoms with Crippen molar-refractivity contribution in [1.29, 1.82) is 0 Å². The van der Waals surface area contributed by atoms with Gasteiger partial charge in [-0.25, -0.2) is 0 Å². The summed E-state index contributed by atoms with van der Waals surface area (Å²) in [7, 11) is 3.31. The Morgan fingerprint density at radius 2 is 2.10 bits per heavy atom. The van der Waals surface area contributed by atoms with Crippen molar-refractivity contribution in [3.05, 3.63) is 23.8 Å². The molecule has 116 valence electrons. The van der Waals surface area contributed by atoms with Crippen LogP contribution in [-0.2, 0) is 4.74 Å². The van der Waals surface area contributed by atoms with E-state index in [0.29, 0.717) is 29.9 Å². The fourth-order valence-corrected chi connectivity index (χ4v) is 2.85. The van der Waals surface area contributed by atoms with Crippen LogP contribution in [0, 0.1) is 5.92 Å². The SMILES string of the molecule is COCCN(c1cccc(OC)c1C(C)=O)C(C)C1CC1. The van der Waals surface area contributed by atoms with Crippen LogP contribution in [0.15, 0.2) is 18.2 Å². The van der Waals surface area contributed by atoms with E-state index in [4.69, 9.17) is 9.47 Å². The molecule has 1 aromatic carbocycles. The zero-order valence-electron chi connectivity index (χ0n) is 13.4. The van der Waals surface area contributed by atoms with Crippen molar-refractivity contribution >= 4 is 11.5 Å². The molecule has 2 rings (SSSR count). The molecule has 0 N–H and O–H groups in total. The number of carbonyl (C=O) groups is 1. The highest BCUT2D eigenvalue weighted by Gasteiger charge is 2.33. The predicted octanol–water partition coefficient (Wildman–Crippen LogP) is 3.15. The summed E-state index contributed by atoms with van der Waals surface area (Å²) >= 11 is 0. The summed E-state index contributed by atoms with van der Waals surface area (Å²) in [5, 5.41) is 0. The van der Waals surface area contributed by atoms with Crippen LogP contribution in [0.25, 0.3) is 0 Å². The molecule has 0 bridgehead atoms. The number of rotatable bonds is 8. The van der Waals surface area contributed by atoms with Gasteiger partial charge in [0.2, 0.25) is 0 Å². The quantitative estimate of drug-likeness (QED) is 0.690. The molecular formula is C17H25NO3. The van der Waals surface area contributed by atoms with Gasteiger partial charge < -0.3 is 14.4 Å². The molecule has 1 saturated carbocycles. The maximum atomic E-state index is 12.1. The number of benzene rings is 1. The summed E-state index contributed by atoms with van der Waals surface area (Å²) in [5.74, 6) is 1.39. The molecule has 1 fully saturated rings. The van der Waals surface area contributed by atoms with Gasteiger partial charge in [0.1, 0.15) is 5.75 Å². The van der Waals surface area contributed by atoms with Crippen molar-refractivity contribution in [3.8, 4) is 5.75 Å². The van der Waals surface area contributed by atoms with Crippen molar-refractivity contribution in [2.75, 3.05) is 32.3 Å². The molecule has 0 radical (unpaired) electrons. The fraction of sp³-hybridized carbons (Fsp3) is 0.588. The highest BCUT2D eigenvalue weighted by atomic mass is 16.5. The lowest BCUT2D eigenvalue weighted by atomic mass is 10.0. The smallest absolute Gasteiger partial charge is 0.165 e. The van der Waals surface area contributed by atoms with Gasteiger partial charge in [-0.2, -0.15) is 0 Å². The van der Waals surface area contributed by atoms with Gasteiger partial charge in [-0.05, 0) is 44.7 Å². The second-order valence-electron chi connectivity index (χ2n) is 5.67. The number of nitrogens with zero attached hydrogens (tertiary/aromatic N) is 1. The van der Waals surface area contributed by atoms with E-state index in [1.165, 1.54) is 12.8 Å². The Morgan fingerprint density at radius 1 is 1.38 bits per heavy atom. The first-order chi connectivity index (χ1) is 10.1. The minimum atomic E-state index is 0.0351. The molecule has 0 saturated heterocycles. The minimum Gasteiger partial charge on any atom is -0.496 e. The number of hydrogen-bond acceptors (Lipinski definition) is 4. The molecule has 1 unspecified atom stereocenters. The summed E-state index contributed by atoms with van der Waals surface area (Å²) in [6.07, 6.45) is 2.54. The summed E-state index contributed by atoms with van der Waals surface area (Å²) in [6, 6.07) is 6.20. The average molecular weight is 291 g/mol. The first-order valence-electron chi connectivity index (χ1n) is 7.53. The Morgan fingerprint density at radius 3 is 2.62 bits per heavy atom. The first-order valence-corrected chi connectivity index (χ1v) is 7.53. The lowest BCUT2D eigenvalue weighted by Crippen LogP contribution is -2.38. The Kier molecular flexibility index (Phi) is 5.23. The van der Waals surface area contributed by atoms with Gasteiger partial charge in [-0.3, -0.25) is 4.79 Å². The van der Waals surface area contributed by atoms with Gasteiger partial charge in [-0.1, -0.05) is 6.07 Å². The third kappa shape index (κ3) is 3.56. The molecule has 0 amide bonds. The highest BCUT2D eigenvalue weighted by Crippen LogP contribution is 2.39.